The molecule has 0 bridgehead atoms. The monoisotopic (exact) mass is 245 g/mol. The molecule has 0 radical (unpaired) electrons. The standard InChI is InChI=1S/C12H23NO4/c1-12(13-2,11(14)15-3)6-8-16-9-10-5-4-7-17-10/h10,13H,4-9H2,1-3H3. The molecule has 2 atom stereocenters. The summed E-state index contributed by atoms with van der Waals surface area (Å²) in [6, 6.07) is 0. The number of ether oxygens (including phenoxy) is 3. The average Bonchev–Trinajstić information content (AvgIpc) is 2.86. The first-order chi connectivity index (χ1) is 8.12. The Morgan fingerprint density at radius 3 is 2.88 bits per heavy atom. The van der Waals surface area contributed by atoms with Gasteiger partial charge in [0.25, 0.3) is 0 Å². The minimum atomic E-state index is -0.675. The molecule has 1 aliphatic heterocycles. The second-order valence-corrected chi connectivity index (χ2v) is 4.53. The van der Waals surface area contributed by atoms with Crippen LogP contribution in [-0.4, -0.2) is 51.6 Å². The van der Waals surface area contributed by atoms with Gasteiger partial charge in [-0.1, -0.05) is 0 Å². The molecule has 1 heterocycles. The van der Waals surface area contributed by atoms with Crippen LogP contribution in [-0.2, 0) is 19.0 Å². The van der Waals surface area contributed by atoms with Crippen LogP contribution >= 0.6 is 0 Å². The molecule has 2 unspecified atom stereocenters. The third-order valence-electron chi connectivity index (χ3n) is 3.26. The number of hydrogen-bond donors (Lipinski definition) is 1. The van der Waals surface area contributed by atoms with Gasteiger partial charge in [-0.05, 0) is 33.2 Å². The molecular formula is C12H23NO4. The molecule has 17 heavy (non-hydrogen) atoms. The molecule has 5 heteroatoms. The van der Waals surface area contributed by atoms with Crippen molar-refractivity contribution in [2.24, 2.45) is 0 Å². The Bertz CT molecular complexity index is 241. The molecule has 1 aliphatic rings. The predicted molar refractivity (Wildman–Crippen MR) is 63.9 cm³/mol. The van der Waals surface area contributed by atoms with Gasteiger partial charge in [0.2, 0.25) is 0 Å². The molecule has 0 spiro atoms. The summed E-state index contributed by atoms with van der Waals surface area (Å²) in [4.78, 5) is 11.6. The molecule has 1 saturated heterocycles. The Kier molecular flexibility index (Phi) is 5.88. The molecule has 1 fully saturated rings. The molecule has 100 valence electrons. The van der Waals surface area contributed by atoms with E-state index in [1.807, 2.05) is 6.92 Å². The largest absolute Gasteiger partial charge is 0.468 e. The first kappa shape index (κ1) is 14.4. The zero-order valence-corrected chi connectivity index (χ0v) is 11.0. The third kappa shape index (κ3) is 4.26. The van der Waals surface area contributed by atoms with Gasteiger partial charge in [-0.3, -0.25) is 4.79 Å². The first-order valence-electron chi connectivity index (χ1n) is 6.09. The lowest BCUT2D eigenvalue weighted by atomic mass is 9.99. The van der Waals surface area contributed by atoms with E-state index < -0.39 is 5.54 Å². The lowest BCUT2D eigenvalue weighted by molar-refractivity contribution is -0.148. The molecule has 5 nitrogen and oxygen atoms in total. The highest BCUT2D eigenvalue weighted by molar-refractivity contribution is 5.80. The summed E-state index contributed by atoms with van der Waals surface area (Å²) in [5.74, 6) is -0.263. The zero-order valence-electron chi connectivity index (χ0n) is 11.0. The molecule has 0 amide bonds. The van der Waals surface area contributed by atoms with Gasteiger partial charge in [0.1, 0.15) is 5.54 Å². The Balaban J connectivity index is 2.20. The van der Waals surface area contributed by atoms with Gasteiger partial charge in [0, 0.05) is 13.2 Å². The van der Waals surface area contributed by atoms with E-state index in [1.165, 1.54) is 7.11 Å². The fraction of sp³-hybridized carbons (Fsp3) is 0.917. The Morgan fingerprint density at radius 1 is 1.59 bits per heavy atom. The number of carbonyl (C=O) groups is 1. The van der Waals surface area contributed by atoms with Gasteiger partial charge in [0.05, 0.1) is 19.8 Å². The van der Waals surface area contributed by atoms with Crippen LogP contribution in [0, 0.1) is 0 Å². The summed E-state index contributed by atoms with van der Waals surface area (Å²) in [7, 11) is 3.14. The van der Waals surface area contributed by atoms with Crippen LogP contribution in [0.5, 0.6) is 0 Å². The first-order valence-corrected chi connectivity index (χ1v) is 6.09. The Morgan fingerprint density at radius 2 is 2.35 bits per heavy atom. The van der Waals surface area contributed by atoms with Crippen molar-refractivity contribution < 1.29 is 19.0 Å². The van der Waals surface area contributed by atoms with Crippen molar-refractivity contribution in [1.29, 1.82) is 0 Å². The van der Waals surface area contributed by atoms with Gasteiger partial charge in [0.15, 0.2) is 0 Å². The van der Waals surface area contributed by atoms with E-state index in [-0.39, 0.29) is 12.1 Å². The van der Waals surface area contributed by atoms with Gasteiger partial charge >= 0.3 is 5.97 Å². The molecule has 1 rings (SSSR count). The van der Waals surface area contributed by atoms with Crippen LogP contribution in [0.25, 0.3) is 0 Å². The highest BCUT2D eigenvalue weighted by atomic mass is 16.5. The fourth-order valence-electron chi connectivity index (χ4n) is 1.82. The predicted octanol–water partition coefficient (Wildman–Crippen LogP) is 0.723. The number of methoxy groups -OCH3 is 1. The summed E-state index contributed by atoms with van der Waals surface area (Å²) in [6.45, 7) is 3.78. The van der Waals surface area contributed by atoms with Crippen molar-refractivity contribution in [3.05, 3.63) is 0 Å². The van der Waals surface area contributed by atoms with Crippen molar-refractivity contribution in [1.82, 2.24) is 5.32 Å². The normalized spacial score (nSPS) is 23.4. The lowest BCUT2D eigenvalue weighted by Gasteiger charge is -2.26. The fourth-order valence-corrected chi connectivity index (χ4v) is 1.82. The number of carbonyl (C=O) groups excluding carboxylic acids is 1. The van der Waals surface area contributed by atoms with E-state index in [4.69, 9.17) is 14.2 Å². The van der Waals surface area contributed by atoms with Crippen LogP contribution in [0.15, 0.2) is 0 Å². The van der Waals surface area contributed by atoms with E-state index in [9.17, 15) is 4.79 Å². The van der Waals surface area contributed by atoms with Crippen LogP contribution in [0.4, 0.5) is 0 Å². The third-order valence-corrected chi connectivity index (χ3v) is 3.26. The van der Waals surface area contributed by atoms with Crippen molar-refractivity contribution >= 4 is 5.97 Å². The summed E-state index contributed by atoms with van der Waals surface area (Å²) in [5, 5.41) is 2.97. The molecule has 0 aromatic heterocycles. The van der Waals surface area contributed by atoms with E-state index in [0.717, 1.165) is 19.4 Å². The molecular weight excluding hydrogens is 222 g/mol. The van der Waals surface area contributed by atoms with E-state index in [1.54, 1.807) is 7.05 Å². The quantitative estimate of drug-likeness (QED) is 0.529. The van der Waals surface area contributed by atoms with Gasteiger partial charge in [-0.15, -0.1) is 0 Å². The van der Waals surface area contributed by atoms with E-state index in [2.05, 4.69) is 5.32 Å². The number of esters is 1. The molecule has 0 aromatic rings. The Hall–Kier alpha value is -0.650. The van der Waals surface area contributed by atoms with Crippen LogP contribution in [0.3, 0.4) is 0 Å². The molecule has 0 aromatic carbocycles. The maximum absolute atomic E-state index is 11.6. The van der Waals surface area contributed by atoms with E-state index >= 15 is 0 Å². The molecule has 0 aliphatic carbocycles. The molecule has 0 saturated carbocycles. The molecule has 1 N–H and O–H groups in total. The van der Waals surface area contributed by atoms with Crippen molar-refractivity contribution in [2.45, 2.75) is 37.8 Å². The van der Waals surface area contributed by atoms with Crippen molar-refractivity contribution in [3.63, 3.8) is 0 Å². The lowest BCUT2D eigenvalue weighted by Crippen LogP contribution is -2.49. The SMILES string of the molecule is CNC(C)(CCOCC1CCCO1)C(=O)OC. The highest BCUT2D eigenvalue weighted by Crippen LogP contribution is 2.14. The number of likely N-dealkylation sites (N-methyl/N-ethyl adjacent to an activating group) is 1. The summed E-state index contributed by atoms with van der Waals surface area (Å²) < 4.78 is 15.7. The second-order valence-electron chi connectivity index (χ2n) is 4.53. The van der Waals surface area contributed by atoms with Crippen molar-refractivity contribution in [2.75, 3.05) is 34.0 Å². The number of rotatable bonds is 7. The smallest absolute Gasteiger partial charge is 0.325 e. The highest BCUT2D eigenvalue weighted by Gasteiger charge is 2.32. The summed E-state index contributed by atoms with van der Waals surface area (Å²) >= 11 is 0. The second kappa shape index (κ2) is 6.93. The topological polar surface area (TPSA) is 56.8 Å². The van der Waals surface area contributed by atoms with Crippen LogP contribution in [0.1, 0.15) is 26.2 Å². The Labute approximate surface area is 103 Å². The van der Waals surface area contributed by atoms with Gasteiger partial charge < -0.3 is 19.5 Å². The maximum Gasteiger partial charge on any atom is 0.325 e. The number of nitrogens with one attached hydrogen (secondary N) is 1. The number of hydrogen-bond acceptors (Lipinski definition) is 5. The zero-order chi connectivity index (χ0) is 12.7. The van der Waals surface area contributed by atoms with Crippen molar-refractivity contribution in [3.8, 4) is 0 Å². The van der Waals surface area contributed by atoms with E-state index in [0.29, 0.717) is 19.6 Å². The maximum atomic E-state index is 11.6. The van der Waals surface area contributed by atoms with Gasteiger partial charge in [-0.2, -0.15) is 0 Å². The van der Waals surface area contributed by atoms with Gasteiger partial charge in [-0.25, -0.2) is 0 Å². The minimum Gasteiger partial charge on any atom is -0.468 e. The minimum absolute atomic E-state index is 0.231. The summed E-state index contributed by atoms with van der Waals surface area (Å²) in [6.07, 6.45) is 3.00. The summed E-state index contributed by atoms with van der Waals surface area (Å²) in [5.41, 5.74) is -0.675. The average molecular weight is 245 g/mol. The van der Waals surface area contributed by atoms with Crippen LogP contribution < -0.4 is 5.32 Å². The van der Waals surface area contributed by atoms with Crippen LogP contribution in [0.2, 0.25) is 0 Å².